The number of aryl methyl sites for hydroxylation is 2. The molecule has 0 radical (unpaired) electrons. The summed E-state index contributed by atoms with van der Waals surface area (Å²) in [6, 6.07) is 9.31. The molecule has 80 valence electrons. The van der Waals surface area contributed by atoms with Crippen molar-refractivity contribution in [3.05, 3.63) is 47.4 Å². The van der Waals surface area contributed by atoms with Crippen LogP contribution in [-0.4, -0.2) is 16.3 Å². The van der Waals surface area contributed by atoms with E-state index in [4.69, 9.17) is 0 Å². The maximum absolute atomic E-state index is 10.7. The number of hydrogen-bond acceptors (Lipinski definition) is 3. The quantitative estimate of drug-likeness (QED) is 0.718. The number of nitrogens with zero attached hydrogens (tertiary/aromatic N) is 2. The van der Waals surface area contributed by atoms with E-state index in [1.165, 1.54) is 0 Å². The summed E-state index contributed by atoms with van der Waals surface area (Å²) in [6.07, 6.45) is 0.838. The van der Waals surface area contributed by atoms with Crippen LogP contribution in [0.5, 0.6) is 0 Å². The molecular weight excluding hydrogens is 200 g/mol. The van der Waals surface area contributed by atoms with Crippen molar-refractivity contribution in [1.82, 2.24) is 9.97 Å². The maximum atomic E-state index is 10.7. The molecule has 1 aromatic carbocycles. The molecule has 1 heterocycles. The molecule has 0 unspecified atom stereocenters. The average molecular weight is 212 g/mol. The predicted octanol–water partition coefficient (Wildman–Crippen LogP) is 2.57. The van der Waals surface area contributed by atoms with Gasteiger partial charge in [0.1, 0.15) is 12.1 Å². The van der Waals surface area contributed by atoms with E-state index in [-0.39, 0.29) is 0 Å². The van der Waals surface area contributed by atoms with Crippen LogP contribution >= 0.6 is 0 Å². The van der Waals surface area contributed by atoms with Crippen LogP contribution in [0.2, 0.25) is 0 Å². The molecule has 0 amide bonds. The maximum Gasteiger partial charge on any atom is 0.150 e. The molecule has 2 rings (SSSR count). The lowest BCUT2D eigenvalue weighted by Gasteiger charge is -2.03. The van der Waals surface area contributed by atoms with E-state index in [1.807, 2.05) is 38.1 Å². The highest BCUT2D eigenvalue weighted by atomic mass is 16.1. The summed E-state index contributed by atoms with van der Waals surface area (Å²) in [5.74, 6) is 0.742. The van der Waals surface area contributed by atoms with E-state index in [9.17, 15) is 4.79 Å². The van der Waals surface area contributed by atoms with Crippen molar-refractivity contribution >= 4 is 6.29 Å². The first-order valence-electron chi connectivity index (χ1n) is 5.07. The predicted molar refractivity (Wildman–Crippen MR) is 62.3 cm³/mol. The van der Waals surface area contributed by atoms with Gasteiger partial charge in [-0.15, -0.1) is 0 Å². The van der Waals surface area contributed by atoms with Crippen LogP contribution in [0, 0.1) is 13.8 Å². The van der Waals surface area contributed by atoms with Gasteiger partial charge >= 0.3 is 0 Å². The summed E-state index contributed by atoms with van der Waals surface area (Å²) >= 11 is 0. The highest BCUT2D eigenvalue weighted by molar-refractivity contribution is 5.78. The molecule has 16 heavy (non-hydrogen) atoms. The van der Waals surface area contributed by atoms with Crippen molar-refractivity contribution in [2.24, 2.45) is 0 Å². The van der Waals surface area contributed by atoms with Crippen molar-refractivity contribution in [3.63, 3.8) is 0 Å². The van der Waals surface area contributed by atoms with Crippen LogP contribution in [0.15, 0.2) is 30.3 Å². The third-order valence-electron chi connectivity index (χ3n) is 2.28. The van der Waals surface area contributed by atoms with E-state index in [1.54, 1.807) is 6.07 Å². The van der Waals surface area contributed by atoms with Gasteiger partial charge in [-0.2, -0.15) is 0 Å². The highest BCUT2D eigenvalue weighted by Gasteiger charge is 2.02. The largest absolute Gasteiger partial charge is 0.298 e. The van der Waals surface area contributed by atoms with Gasteiger partial charge in [-0.1, -0.05) is 18.2 Å². The minimum atomic E-state index is 0.659. The van der Waals surface area contributed by atoms with Gasteiger partial charge in [0, 0.05) is 16.8 Å². The third-order valence-corrected chi connectivity index (χ3v) is 2.28. The minimum absolute atomic E-state index is 0.659. The van der Waals surface area contributed by atoms with Crippen molar-refractivity contribution < 1.29 is 4.79 Å². The first kappa shape index (κ1) is 10.5. The van der Waals surface area contributed by atoms with Gasteiger partial charge in [0.15, 0.2) is 0 Å². The number of aldehydes is 1. The Labute approximate surface area is 94.2 Å². The molecule has 0 aliphatic rings. The van der Waals surface area contributed by atoms with E-state index in [0.717, 1.165) is 29.1 Å². The molecule has 0 atom stereocenters. The van der Waals surface area contributed by atoms with Gasteiger partial charge in [0.25, 0.3) is 0 Å². The van der Waals surface area contributed by atoms with Gasteiger partial charge in [-0.05, 0) is 26.0 Å². The molecule has 0 bridgehead atoms. The molecule has 0 aliphatic heterocycles. The minimum Gasteiger partial charge on any atom is -0.298 e. The van der Waals surface area contributed by atoms with Gasteiger partial charge in [-0.3, -0.25) is 4.79 Å². The molecule has 0 saturated carbocycles. The second kappa shape index (κ2) is 4.23. The Kier molecular flexibility index (Phi) is 2.77. The van der Waals surface area contributed by atoms with Crippen molar-refractivity contribution in [1.29, 1.82) is 0 Å². The Hall–Kier alpha value is -2.03. The zero-order valence-corrected chi connectivity index (χ0v) is 9.27. The van der Waals surface area contributed by atoms with Gasteiger partial charge in [-0.25, -0.2) is 9.97 Å². The Morgan fingerprint density at radius 2 is 1.94 bits per heavy atom. The Morgan fingerprint density at radius 3 is 2.62 bits per heavy atom. The molecule has 0 spiro atoms. The van der Waals surface area contributed by atoms with E-state index in [2.05, 4.69) is 9.97 Å². The van der Waals surface area contributed by atoms with Crippen molar-refractivity contribution in [2.45, 2.75) is 13.8 Å². The molecule has 3 nitrogen and oxygen atoms in total. The number of hydrogen-bond donors (Lipinski definition) is 0. The normalized spacial score (nSPS) is 10.1. The van der Waals surface area contributed by atoms with Crippen LogP contribution < -0.4 is 0 Å². The zero-order valence-electron chi connectivity index (χ0n) is 9.27. The Morgan fingerprint density at radius 1 is 1.12 bits per heavy atom. The van der Waals surface area contributed by atoms with Crippen LogP contribution in [0.25, 0.3) is 11.3 Å². The van der Waals surface area contributed by atoms with E-state index < -0.39 is 0 Å². The van der Waals surface area contributed by atoms with Crippen LogP contribution in [0.4, 0.5) is 0 Å². The lowest BCUT2D eigenvalue weighted by molar-refractivity contribution is 0.112. The fraction of sp³-hybridized carbons (Fsp3) is 0.154. The number of benzene rings is 1. The van der Waals surface area contributed by atoms with Crippen molar-refractivity contribution in [2.75, 3.05) is 0 Å². The third kappa shape index (κ3) is 2.14. The van der Waals surface area contributed by atoms with Crippen LogP contribution in [0.3, 0.4) is 0 Å². The van der Waals surface area contributed by atoms with Gasteiger partial charge in [0.2, 0.25) is 0 Å². The number of aromatic nitrogens is 2. The van der Waals surface area contributed by atoms with E-state index in [0.29, 0.717) is 5.56 Å². The number of carbonyl (C=O) groups is 1. The summed E-state index contributed by atoms with van der Waals surface area (Å²) in [4.78, 5) is 19.3. The fourth-order valence-corrected chi connectivity index (χ4v) is 1.64. The molecule has 0 N–H and O–H groups in total. The van der Waals surface area contributed by atoms with Crippen LogP contribution in [-0.2, 0) is 0 Å². The molecule has 0 saturated heterocycles. The fourth-order valence-electron chi connectivity index (χ4n) is 1.64. The number of carbonyl (C=O) groups excluding carboxylic acids is 1. The molecule has 3 heteroatoms. The topological polar surface area (TPSA) is 42.9 Å². The van der Waals surface area contributed by atoms with Crippen LogP contribution in [0.1, 0.15) is 21.9 Å². The Balaban J connectivity index is 2.53. The standard InChI is InChI=1S/C13H12N2O/c1-9-6-13(15-10(2)14-9)12-5-3-4-11(7-12)8-16/h3-8H,1-2H3. The van der Waals surface area contributed by atoms with E-state index >= 15 is 0 Å². The average Bonchev–Trinajstić information content (AvgIpc) is 2.28. The SMILES string of the molecule is Cc1cc(-c2cccc(C=O)c2)nc(C)n1. The molecule has 0 fully saturated rings. The summed E-state index contributed by atoms with van der Waals surface area (Å²) in [7, 11) is 0. The Bertz CT molecular complexity index is 515. The lowest BCUT2D eigenvalue weighted by Crippen LogP contribution is -1.94. The van der Waals surface area contributed by atoms with Crippen molar-refractivity contribution in [3.8, 4) is 11.3 Å². The first-order chi connectivity index (χ1) is 7.69. The molecule has 2 aromatic rings. The van der Waals surface area contributed by atoms with Gasteiger partial charge < -0.3 is 0 Å². The summed E-state index contributed by atoms with van der Waals surface area (Å²) in [5, 5.41) is 0. The highest BCUT2D eigenvalue weighted by Crippen LogP contribution is 2.18. The van der Waals surface area contributed by atoms with Gasteiger partial charge in [0.05, 0.1) is 5.69 Å². The second-order valence-corrected chi connectivity index (χ2v) is 3.69. The summed E-state index contributed by atoms with van der Waals surface area (Å²) < 4.78 is 0. The zero-order chi connectivity index (χ0) is 11.5. The first-order valence-corrected chi connectivity index (χ1v) is 5.07. The number of rotatable bonds is 2. The molecule has 0 aliphatic carbocycles. The smallest absolute Gasteiger partial charge is 0.150 e. The summed E-state index contributed by atoms with van der Waals surface area (Å²) in [5.41, 5.74) is 3.39. The second-order valence-electron chi connectivity index (χ2n) is 3.69. The molecular formula is C13H12N2O. The lowest BCUT2D eigenvalue weighted by atomic mass is 10.1. The monoisotopic (exact) mass is 212 g/mol. The summed E-state index contributed by atoms with van der Waals surface area (Å²) in [6.45, 7) is 3.79. The molecule has 1 aromatic heterocycles.